The molecule has 2 N–H and O–H groups in total. The number of methoxy groups -OCH3 is 1. The van der Waals surface area contributed by atoms with Gasteiger partial charge in [-0.3, -0.25) is 4.79 Å². The molecule has 1 amide bonds. The van der Waals surface area contributed by atoms with Crippen molar-refractivity contribution in [2.75, 3.05) is 13.7 Å². The molecule has 0 spiro atoms. The van der Waals surface area contributed by atoms with Gasteiger partial charge in [0.2, 0.25) is 5.91 Å². The van der Waals surface area contributed by atoms with Crippen LogP contribution in [0.15, 0.2) is 48.5 Å². The van der Waals surface area contributed by atoms with Crippen LogP contribution >= 0.6 is 0 Å². The second kappa shape index (κ2) is 7.59. The lowest BCUT2D eigenvalue weighted by molar-refractivity contribution is -0.120. The monoisotopic (exact) mass is 332 g/mol. The largest absolute Gasteiger partial charge is 0.497 e. The van der Waals surface area contributed by atoms with Gasteiger partial charge >= 0.3 is 0 Å². The van der Waals surface area contributed by atoms with Crippen LogP contribution in [0.1, 0.15) is 12.0 Å². The summed E-state index contributed by atoms with van der Waals surface area (Å²) >= 11 is 0. The highest BCUT2D eigenvalue weighted by atomic mass is 16.5. The van der Waals surface area contributed by atoms with Crippen LogP contribution in [-0.2, 0) is 11.2 Å². The van der Waals surface area contributed by atoms with Crippen molar-refractivity contribution < 1.29 is 9.53 Å². The number of aromatic amines is 1. The average molecular weight is 332 g/mol. The number of carbonyl (C=O) groups is 1. The van der Waals surface area contributed by atoms with E-state index in [1.165, 1.54) is 0 Å². The van der Waals surface area contributed by atoms with Crippen LogP contribution in [0.25, 0.3) is 22.2 Å². The zero-order chi connectivity index (χ0) is 17.6. The van der Waals surface area contributed by atoms with Crippen LogP contribution in [0.4, 0.5) is 0 Å². The lowest BCUT2D eigenvalue weighted by Gasteiger charge is -2.07. The topological polar surface area (TPSA) is 54.1 Å². The molecule has 126 valence electrons. The number of nitrogens with one attached hydrogen (secondary N) is 2. The van der Waals surface area contributed by atoms with Gasteiger partial charge in [-0.25, -0.2) is 0 Å². The molecule has 0 aliphatic rings. The Morgan fingerprint density at radius 2 is 1.96 bits per heavy atom. The predicted molar refractivity (Wildman–Crippen MR) is 100 cm³/mol. The van der Waals surface area contributed by atoms with Gasteiger partial charge in [0.25, 0.3) is 0 Å². The number of carbonyl (C=O) groups excluding carboxylic acids is 1. The summed E-state index contributed by atoms with van der Waals surface area (Å²) in [4.78, 5) is 15.4. The average Bonchev–Trinajstić information content (AvgIpc) is 3.03. The zero-order valence-electron chi connectivity index (χ0n) is 14.1. The molecule has 0 unspecified atom stereocenters. The molecule has 4 nitrogen and oxygen atoms in total. The number of rotatable bonds is 6. The maximum absolute atomic E-state index is 11.9. The molecule has 2 aromatic carbocycles. The summed E-state index contributed by atoms with van der Waals surface area (Å²) in [6.07, 6.45) is 6.22. The predicted octanol–water partition coefficient (Wildman–Crippen LogP) is 3.53. The Balaban J connectivity index is 1.94. The lowest BCUT2D eigenvalue weighted by atomic mass is 10.0. The van der Waals surface area contributed by atoms with Gasteiger partial charge in [-0.15, -0.1) is 6.42 Å². The maximum atomic E-state index is 11.9. The molecule has 4 heteroatoms. The molecule has 3 aromatic rings. The quantitative estimate of drug-likeness (QED) is 0.679. The SMILES string of the molecule is C#CCNC(=O)CCc1c(-c2ccc(OC)cc2)[nH]c2ccccc12. The first kappa shape index (κ1) is 16.7. The molecule has 0 atom stereocenters. The molecule has 0 fully saturated rings. The zero-order valence-corrected chi connectivity index (χ0v) is 14.1. The molecule has 3 rings (SSSR count). The van der Waals surface area contributed by atoms with Crippen LogP contribution in [0, 0.1) is 12.3 Å². The van der Waals surface area contributed by atoms with Crippen molar-refractivity contribution in [2.45, 2.75) is 12.8 Å². The van der Waals surface area contributed by atoms with Gasteiger partial charge in [0, 0.05) is 23.0 Å². The number of aromatic nitrogens is 1. The van der Waals surface area contributed by atoms with E-state index in [0.717, 1.165) is 33.5 Å². The van der Waals surface area contributed by atoms with Crippen molar-refractivity contribution in [2.24, 2.45) is 0 Å². The molecule has 0 bridgehead atoms. The van der Waals surface area contributed by atoms with E-state index < -0.39 is 0 Å². The number of para-hydroxylation sites is 1. The number of fused-ring (bicyclic) bond motifs is 1. The number of aryl methyl sites for hydroxylation is 1. The van der Waals surface area contributed by atoms with Crippen molar-refractivity contribution in [1.82, 2.24) is 10.3 Å². The Morgan fingerprint density at radius 3 is 2.68 bits per heavy atom. The fourth-order valence-corrected chi connectivity index (χ4v) is 2.94. The number of benzene rings is 2. The summed E-state index contributed by atoms with van der Waals surface area (Å²) in [5.41, 5.74) is 4.30. The molecule has 0 aliphatic heterocycles. The van der Waals surface area contributed by atoms with Crippen LogP contribution < -0.4 is 10.1 Å². The Morgan fingerprint density at radius 1 is 1.20 bits per heavy atom. The van der Waals surface area contributed by atoms with E-state index >= 15 is 0 Å². The summed E-state index contributed by atoms with van der Waals surface area (Å²) in [6, 6.07) is 16.0. The van der Waals surface area contributed by atoms with Crippen LogP contribution in [-0.4, -0.2) is 24.5 Å². The van der Waals surface area contributed by atoms with E-state index in [2.05, 4.69) is 22.3 Å². The lowest BCUT2D eigenvalue weighted by Crippen LogP contribution is -2.23. The van der Waals surface area contributed by atoms with Gasteiger partial charge in [0.05, 0.1) is 13.7 Å². The minimum absolute atomic E-state index is 0.0380. The molecule has 0 saturated carbocycles. The molecule has 25 heavy (non-hydrogen) atoms. The first-order valence-electron chi connectivity index (χ1n) is 8.17. The van der Waals surface area contributed by atoms with Gasteiger partial charge in [-0.05, 0) is 47.9 Å². The number of hydrogen-bond donors (Lipinski definition) is 2. The minimum Gasteiger partial charge on any atom is -0.497 e. The van der Waals surface area contributed by atoms with Crippen LogP contribution in [0.3, 0.4) is 0 Å². The van der Waals surface area contributed by atoms with Gasteiger partial charge in [0.1, 0.15) is 5.75 Å². The van der Waals surface area contributed by atoms with Gasteiger partial charge in [0.15, 0.2) is 0 Å². The van der Waals surface area contributed by atoms with Crippen molar-refractivity contribution in [3.63, 3.8) is 0 Å². The standard InChI is InChI=1S/C21H20N2O2/c1-3-14-22-20(24)13-12-18-17-6-4-5-7-19(17)23-21(18)15-8-10-16(25-2)11-9-15/h1,4-11,23H,12-14H2,2H3,(H,22,24). The van der Waals surface area contributed by atoms with Crippen molar-refractivity contribution in [3.8, 4) is 29.4 Å². The Kier molecular flexibility index (Phi) is 5.06. The number of ether oxygens (including phenoxy) is 1. The highest BCUT2D eigenvalue weighted by Crippen LogP contribution is 2.32. The Bertz CT molecular complexity index is 917. The van der Waals surface area contributed by atoms with Gasteiger partial charge in [-0.1, -0.05) is 24.1 Å². The van der Waals surface area contributed by atoms with E-state index in [1.807, 2.05) is 42.5 Å². The van der Waals surface area contributed by atoms with E-state index in [-0.39, 0.29) is 12.5 Å². The molecule has 1 aromatic heterocycles. The fraction of sp³-hybridized carbons (Fsp3) is 0.190. The summed E-state index contributed by atoms with van der Waals surface area (Å²) in [5, 5.41) is 3.85. The summed E-state index contributed by atoms with van der Waals surface area (Å²) in [7, 11) is 1.65. The van der Waals surface area contributed by atoms with Crippen LogP contribution in [0.2, 0.25) is 0 Å². The van der Waals surface area contributed by atoms with E-state index in [4.69, 9.17) is 11.2 Å². The van der Waals surface area contributed by atoms with Crippen molar-refractivity contribution >= 4 is 16.8 Å². The van der Waals surface area contributed by atoms with Crippen LogP contribution in [0.5, 0.6) is 5.75 Å². The number of terminal acetylenes is 1. The fourth-order valence-electron chi connectivity index (χ4n) is 2.94. The van der Waals surface area contributed by atoms with Gasteiger partial charge in [-0.2, -0.15) is 0 Å². The molecular weight excluding hydrogens is 312 g/mol. The Hall–Kier alpha value is -3.19. The third kappa shape index (κ3) is 3.67. The molecule has 0 radical (unpaired) electrons. The second-order valence-corrected chi connectivity index (χ2v) is 5.73. The molecule has 0 saturated heterocycles. The number of amides is 1. The molecular formula is C21H20N2O2. The summed E-state index contributed by atoms with van der Waals surface area (Å²) in [5.74, 6) is 3.20. The minimum atomic E-state index is -0.0380. The van der Waals surface area contributed by atoms with Crippen molar-refractivity contribution in [3.05, 3.63) is 54.1 Å². The first-order valence-corrected chi connectivity index (χ1v) is 8.17. The Labute approximate surface area is 147 Å². The van der Waals surface area contributed by atoms with Crippen molar-refractivity contribution in [1.29, 1.82) is 0 Å². The van der Waals surface area contributed by atoms with E-state index in [0.29, 0.717) is 12.8 Å². The first-order chi connectivity index (χ1) is 12.2. The second-order valence-electron chi connectivity index (χ2n) is 5.73. The van der Waals surface area contributed by atoms with E-state index in [1.54, 1.807) is 7.11 Å². The highest BCUT2D eigenvalue weighted by molar-refractivity contribution is 5.91. The normalized spacial score (nSPS) is 10.4. The summed E-state index contributed by atoms with van der Waals surface area (Å²) < 4.78 is 5.23. The van der Waals surface area contributed by atoms with E-state index in [9.17, 15) is 4.79 Å². The third-order valence-electron chi connectivity index (χ3n) is 4.18. The smallest absolute Gasteiger partial charge is 0.221 e. The third-order valence-corrected chi connectivity index (χ3v) is 4.18. The molecule has 0 aliphatic carbocycles. The highest BCUT2D eigenvalue weighted by Gasteiger charge is 2.14. The molecule has 1 heterocycles. The maximum Gasteiger partial charge on any atom is 0.221 e. The number of hydrogen-bond acceptors (Lipinski definition) is 2. The van der Waals surface area contributed by atoms with Gasteiger partial charge < -0.3 is 15.0 Å². The summed E-state index contributed by atoms with van der Waals surface area (Å²) in [6.45, 7) is 0.262. The number of H-pyrrole nitrogens is 1.